The fraction of sp³-hybridized carbons (Fsp3) is 0.308. The molecule has 0 bridgehead atoms. The molecule has 0 aliphatic carbocycles. The molecule has 0 aliphatic rings. The number of ether oxygens (including phenoxy) is 2. The smallest absolute Gasteiger partial charge is 0.286 e. The number of benzene rings is 1. The van der Waals surface area contributed by atoms with Crippen molar-refractivity contribution in [2.24, 2.45) is 0 Å². The number of hydrogen-bond donors (Lipinski definition) is 1. The van der Waals surface area contributed by atoms with Gasteiger partial charge in [-0.3, -0.25) is 14.9 Å². The third-order valence-electron chi connectivity index (χ3n) is 2.43. The number of carbonyl (C=O) groups excluding carboxylic acids is 1. The van der Waals surface area contributed by atoms with Gasteiger partial charge >= 0.3 is 0 Å². The number of nitrogens with one attached hydrogen (secondary N) is 1. The Morgan fingerprint density at radius 2 is 2.20 bits per heavy atom. The minimum atomic E-state index is -0.634. The molecule has 1 N–H and O–H groups in total. The Labute approximate surface area is 116 Å². The Morgan fingerprint density at radius 1 is 1.50 bits per heavy atom. The van der Waals surface area contributed by atoms with E-state index in [0.29, 0.717) is 6.61 Å². The predicted octanol–water partition coefficient (Wildman–Crippen LogP) is 1.92. The number of hydrogen-bond acceptors (Lipinski definition) is 5. The molecule has 0 aromatic heterocycles. The zero-order valence-corrected chi connectivity index (χ0v) is 11.3. The molecule has 0 aliphatic heterocycles. The first-order valence-corrected chi connectivity index (χ1v) is 5.93. The van der Waals surface area contributed by atoms with Crippen LogP contribution in [0, 0.1) is 10.1 Å². The molecule has 0 unspecified atom stereocenters. The van der Waals surface area contributed by atoms with E-state index in [2.05, 4.69) is 11.9 Å². The van der Waals surface area contributed by atoms with Crippen LogP contribution in [-0.4, -0.2) is 31.1 Å². The molecule has 0 heterocycles. The van der Waals surface area contributed by atoms with E-state index >= 15 is 0 Å². The maximum absolute atomic E-state index is 11.9. The second-order valence-corrected chi connectivity index (χ2v) is 3.71. The normalized spacial score (nSPS) is 9.70. The van der Waals surface area contributed by atoms with Crippen LogP contribution in [0.3, 0.4) is 0 Å². The number of carbonyl (C=O) groups is 1. The van der Waals surface area contributed by atoms with E-state index in [4.69, 9.17) is 9.47 Å². The van der Waals surface area contributed by atoms with E-state index in [9.17, 15) is 14.9 Å². The molecule has 108 valence electrons. The molecule has 7 nitrogen and oxygen atoms in total. The van der Waals surface area contributed by atoms with E-state index in [1.165, 1.54) is 25.3 Å². The van der Waals surface area contributed by atoms with Crippen molar-refractivity contribution in [1.82, 2.24) is 5.32 Å². The minimum Gasteiger partial charge on any atom is -0.493 e. The maximum atomic E-state index is 11.9. The molecule has 0 radical (unpaired) electrons. The van der Waals surface area contributed by atoms with Crippen LogP contribution in [0.25, 0.3) is 0 Å². The van der Waals surface area contributed by atoms with Crippen LogP contribution >= 0.6 is 0 Å². The number of amides is 1. The highest BCUT2D eigenvalue weighted by Crippen LogP contribution is 2.34. The summed E-state index contributed by atoms with van der Waals surface area (Å²) in [5, 5.41) is 13.6. The molecule has 0 spiro atoms. The van der Waals surface area contributed by atoms with Crippen molar-refractivity contribution < 1.29 is 19.2 Å². The van der Waals surface area contributed by atoms with Gasteiger partial charge in [-0.1, -0.05) is 6.08 Å². The lowest BCUT2D eigenvalue weighted by molar-refractivity contribution is -0.385. The number of methoxy groups -OCH3 is 1. The fourth-order valence-corrected chi connectivity index (χ4v) is 1.57. The molecule has 0 fully saturated rings. The lowest BCUT2D eigenvalue weighted by atomic mass is 10.1. The summed E-state index contributed by atoms with van der Waals surface area (Å²) < 4.78 is 10.3. The Morgan fingerprint density at radius 3 is 2.70 bits per heavy atom. The van der Waals surface area contributed by atoms with Crippen LogP contribution in [0.2, 0.25) is 0 Å². The van der Waals surface area contributed by atoms with E-state index in [0.717, 1.165) is 0 Å². The number of nitrogens with zero attached hydrogens (tertiary/aromatic N) is 1. The average molecular weight is 280 g/mol. The monoisotopic (exact) mass is 280 g/mol. The zero-order valence-electron chi connectivity index (χ0n) is 11.3. The van der Waals surface area contributed by atoms with Crippen LogP contribution in [0.5, 0.6) is 11.5 Å². The molecule has 0 atom stereocenters. The molecule has 7 heteroatoms. The van der Waals surface area contributed by atoms with Gasteiger partial charge in [0.1, 0.15) is 5.56 Å². The highest BCUT2D eigenvalue weighted by molar-refractivity contribution is 5.99. The SMILES string of the molecule is C=CCNC(=O)c1cc(OC)c(OCC)cc1[N+](=O)[O-]. The predicted molar refractivity (Wildman–Crippen MR) is 73.3 cm³/mol. The molecule has 0 saturated heterocycles. The molecular formula is C13H16N2O5. The summed E-state index contributed by atoms with van der Waals surface area (Å²) in [5.74, 6) is -0.0823. The molecule has 1 rings (SSSR count). The minimum absolute atomic E-state index is 0.0860. The van der Waals surface area contributed by atoms with Crippen LogP contribution in [0.1, 0.15) is 17.3 Å². The van der Waals surface area contributed by atoms with Gasteiger partial charge < -0.3 is 14.8 Å². The first-order valence-electron chi connectivity index (χ1n) is 5.93. The van der Waals surface area contributed by atoms with Crippen molar-refractivity contribution >= 4 is 11.6 Å². The molecule has 0 saturated carbocycles. The maximum Gasteiger partial charge on any atom is 0.286 e. The van der Waals surface area contributed by atoms with E-state index in [1.54, 1.807) is 6.92 Å². The first kappa shape index (κ1) is 15.5. The summed E-state index contributed by atoms with van der Waals surface area (Å²) in [6, 6.07) is 2.48. The van der Waals surface area contributed by atoms with Gasteiger partial charge in [0, 0.05) is 12.6 Å². The highest BCUT2D eigenvalue weighted by atomic mass is 16.6. The van der Waals surface area contributed by atoms with Gasteiger partial charge in [0.05, 0.1) is 24.7 Å². The first-order chi connectivity index (χ1) is 9.54. The standard InChI is InChI=1S/C13H16N2O5/c1-4-6-14-13(16)9-7-11(19-3)12(20-5-2)8-10(9)15(17)18/h4,7-8H,1,5-6H2,2-3H3,(H,14,16). The fourth-order valence-electron chi connectivity index (χ4n) is 1.57. The second kappa shape index (κ2) is 7.13. The molecule has 20 heavy (non-hydrogen) atoms. The second-order valence-electron chi connectivity index (χ2n) is 3.71. The van der Waals surface area contributed by atoms with Gasteiger partial charge in [-0.15, -0.1) is 6.58 Å². The number of nitro groups is 1. The van der Waals surface area contributed by atoms with Gasteiger partial charge in [0.25, 0.3) is 11.6 Å². The number of rotatable bonds is 7. The van der Waals surface area contributed by atoms with Crippen LogP contribution in [-0.2, 0) is 0 Å². The zero-order chi connectivity index (χ0) is 15.1. The molecule has 1 aromatic rings. The third-order valence-corrected chi connectivity index (χ3v) is 2.43. The van der Waals surface area contributed by atoms with E-state index < -0.39 is 10.8 Å². The Bertz CT molecular complexity index is 528. The summed E-state index contributed by atoms with van der Waals surface area (Å²) >= 11 is 0. The summed E-state index contributed by atoms with van der Waals surface area (Å²) in [4.78, 5) is 22.3. The van der Waals surface area contributed by atoms with Gasteiger partial charge in [0.2, 0.25) is 0 Å². The largest absolute Gasteiger partial charge is 0.493 e. The quantitative estimate of drug-likeness (QED) is 0.468. The highest BCUT2D eigenvalue weighted by Gasteiger charge is 2.24. The summed E-state index contributed by atoms with van der Waals surface area (Å²) in [7, 11) is 1.40. The van der Waals surface area contributed by atoms with Gasteiger partial charge in [-0.2, -0.15) is 0 Å². The topological polar surface area (TPSA) is 90.7 Å². The van der Waals surface area contributed by atoms with Crippen LogP contribution in [0.15, 0.2) is 24.8 Å². The van der Waals surface area contributed by atoms with Crippen molar-refractivity contribution in [3.8, 4) is 11.5 Å². The third kappa shape index (κ3) is 3.47. The molecular weight excluding hydrogens is 264 g/mol. The Kier molecular flexibility index (Phi) is 5.52. The van der Waals surface area contributed by atoms with Crippen LogP contribution < -0.4 is 14.8 Å². The Hall–Kier alpha value is -2.57. The van der Waals surface area contributed by atoms with Gasteiger partial charge in [-0.25, -0.2) is 0 Å². The van der Waals surface area contributed by atoms with Crippen molar-refractivity contribution in [2.45, 2.75) is 6.92 Å². The summed E-state index contributed by atoms with van der Waals surface area (Å²) in [5.41, 5.74) is -0.423. The van der Waals surface area contributed by atoms with E-state index in [1.807, 2.05) is 0 Å². The Balaban J connectivity index is 3.30. The summed E-state index contributed by atoms with van der Waals surface area (Å²) in [6.45, 7) is 5.75. The average Bonchev–Trinajstić information content (AvgIpc) is 2.44. The van der Waals surface area contributed by atoms with Crippen LogP contribution in [0.4, 0.5) is 5.69 Å². The van der Waals surface area contributed by atoms with E-state index in [-0.39, 0.29) is 29.3 Å². The van der Waals surface area contributed by atoms with Crippen molar-refractivity contribution in [3.05, 3.63) is 40.5 Å². The van der Waals surface area contributed by atoms with Crippen molar-refractivity contribution in [2.75, 3.05) is 20.3 Å². The van der Waals surface area contributed by atoms with Crippen molar-refractivity contribution in [1.29, 1.82) is 0 Å². The lowest BCUT2D eigenvalue weighted by Gasteiger charge is -2.11. The lowest BCUT2D eigenvalue weighted by Crippen LogP contribution is -2.24. The summed E-state index contributed by atoms with van der Waals surface area (Å²) in [6.07, 6.45) is 1.48. The molecule has 1 amide bonds. The van der Waals surface area contributed by atoms with Crippen molar-refractivity contribution in [3.63, 3.8) is 0 Å². The number of nitro benzene ring substituents is 1. The van der Waals surface area contributed by atoms with Gasteiger partial charge in [-0.05, 0) is 6.92 Å². The van der Waals surface area contributed by atoms with Gasteiger partial charge in [0.15, 0.2) is 11.5 Å². The molecule has 1 aromatic carbocycles.